The highest BCUT2D eigenvalue weighted by Gasteiger charge is 2.18. The van der Waals surface area contributed by atoms with E-state index in [0.717, 1.165) is 11.3 Å². The zero-order chi connectivity index (χ0) is 13.4. The molecule has 2 N–H and O–H groups in total. The van der Waals surface area contributed by atoms with Gasteiger partial charge >= 0.3 is 0 Å². The molecule has 0 bridgehead atoms. The fourth-order valence-corrected chi connectivity index (χ4v) is 1.98. The van der Waals surface area contributed by atoms with Gasteiger partial charge in [-0.1, -0.05) is 5.16 Å². The predicted octanol–water partition coefficient (Wildman–Crippen LogP) is 1.73. The summed E-state index contributed by atoms with van der Waals surface area (Å²) >= 11 is 0. The second kappa shape index (κ2) is 4.24. The Morgan fingerprint density at radius 2 is 2.26 bits per heavy atom. The van der Waals surface area contributed by atoms with Crippen LogP contribution in [0, 0.1) is 6.92 Å². The molecule has 2 amide bonds. The van der Waals surface area contributed by atoms with Gasteiger partial charge in [0.05, 0.1) is 6.42 Å². The quantitative estimate of drug-likeness (QED) is 0.858. The van der Waals surface area contributed by atoms with Gasteiger partial charge in [0.15, 0.2) is 5.69 Å². The molecule has 0 spiro atoms. The van der Waals surface area contributed by atoms with E-state index in [1.165, 1.54) is 0 Å². The third kappa shape index (κ3) is 2.20. The van der Waals surface area contributed by atoms with Crippen LogP contribution in [-0.2, 0) is 11.2 Å². The molecular weight excluding hydrogens is 246 g/mol. The van der Waals surface area contributed by atoms with Gasteiger partial charge in [0.2, 0.25) is 5.91 Å². The first-order chi connectivity index (χ1) is 9.11. The molecule has 0 saturated heterocycles. The van der Waals surface area contributed by atoms with E-state index in [1.54, 1.807) is 31.2 Å². The molecular formula is C13H11N3O3. The Kier molecular flexibility index (Phi) is 2.56. The molecule has 1 aromatic carbocycles. The normalized spacial score (nSPS) is 13.0. The molecule has 6 heteroatoms. The molecule has 3 rings (SSSR count). The summed E-state index contributed by atoms with van der Waals surface area (Å²) in [4.78, 5) is 23.1. The van der Waals surface area contributed by atoms with E-state index in [0.29, 0.717) is 17.9 Å². The van der Waals surface area contributed by atoms with E-state index in [2.05, 4.69) is 15.8 Å². The standard InChI is InChI=1S/C13H11N3O3/c1-7-4-11(16-19-7)13(18)14-9-2-3-10-8(5-9)6-12(17)15-10/h2-5H,6H2,1H3,(H,14,18)(H,15,17). The van der Waals surface area contributed by atoms with Crippen molar-refractivity contribution in [2.75, 3.05) is 10.6 Å². The number of fused-ring (bicyclic) bond motifs is 1. The number of nitrogens with one attached hydrogen (secondary N) is 2. The molecule has 0 aliphatic carbocycles. The minimum atomic E-state index is -0.339. The maximum Gasteiger partial charge on any atom is 0.277 e. The van der Waals surface area contributed by atoms with E-state index in [9.17, 15) is 9.59 Å². The van der Waals surface area contributed by atoms with Crippen molar-refractivity contribution in [3.05, 3.63) is 41.3 Å². The lowest BCUT2D eigenvalue weighted by Gasteiger charge is -2.05. The summed E-state index contributed by atoms with van der Waals surface area (Å²) in [5, 5.41) is 9.09. The van der Waals surface area contributed by atoms with Crippen molar-refractivity contribution < 1.29 is 14.1 Å². The van der Waals surface area contributed by atoms with Gasteiger partial charge in [0.1, 0.15) is 5.76 Å². The number of rotatable bonds is 2. The van der Waals surface area contributed by atoms with E-state index in [-0.39, 0.29) is 17.5 Å². The maximum atomic E-state index is 11.9. The number of hydrogen-bond acceptors (Lipinski definition) is 4. The van der Waals surface area contributed by atoms with Crippen molar-refractivity contribution >= 4 is 23.2 Å². The van der Waals surface area contributed by atoms with Crippen LogP contribution < -0.4 is 10.6 Å². The molecule has 1 aromatic heterocycles. The lowest BCUT2D eigenvalue weighted by molar-refractivity contribution is -0.115. The number of amides is 2. The summed E-state index contributed by atoms with van der Waals surface area (Å²) in [5.74, 6) is 0.202. The van der Waals surface area contributed by atoms with Gasteiger partial charge in [-0.3, -0.25) is 9.59 Å². The van der Waals surface area contributed by atoms with E-state index in [1.807, 2.05) is 0 Å². The average molecular weight is 257 g/mol. The summed E-state index contributed by atoms with van der Waals surface area (Å²) in [6.45, 7) is 1.72. The molecule has 1 aliphatic rings. The summed E-state index contributed by atoms with van der Waals surface area (Å²) in [6.07, 6.45) is 0.335. The van der Waals surface area contributed by atoms with Gasteiger partial charge in [0, 0.05) is 17.4 Å². The summed E-state index contributed by atoms with van der Waals surface area (Å²) in [6, 6.07) is 6.84. The molecule has 2 aromatic rings. The summed E-state index contributed by atoms with van der Waals surface area (Å²) in [5.41, 5.74) is 2.52. The molecule has 0 atom stereocenters. The van der Waals surface area contributed by atoms with Gasteiger partial charge in [-0.25, -0.2) is 0 Å². The highest BCUT2D eigenvalue weighted by Crippen LogP contribution is 2.26. The Labute approximate surface area is 108 Å². The number of carbonyl (C=O) groups excluding carboxylic acids is 2. The summed E-state index contributed by atoms with van der Waals surface area (Å²) in [7, 11) is 0. The Morgan fingerprint density at radius 3 is 3.00 bits per heavy atom. The van der Waals surface area contributed by atoms with Gasteiger partial charge in [-0.2, -0.15) is 0 Å². The minimum Gasteiger partial charge on any atom is -0.361 e. The number of carbonyl (C=O) groups is 2. The molecule has 19 heavy (non-hydrogen) atoms. The number of benzene rings is 1. The van der Waals surface area contributed by atoms with Crippen LogP contribution in [0.3, 0.4) is 0 Å². The third-order valence-electron chi connectivity index (χ3n) is 2.85. The zero-order valence-electron chi connectivity index (χ0n) is 10.2. The Hall–Kier alpha value is -2.63. The average Bonchev–Trinajstić information content (AvgIpc) is 2.93. The number of aryl methyl sites for hydroxylation is 1. The van der Waals surface area contributed by atoms with E-state index < -0.39 is 0 Å². The van der Waals surface area contributed by atoms with Crippen LogP contribution in [0.25, 0.3) is 0 Å². The number of hydrogen-bond donors (Lipinski definition) is 2. The van der Waals surface area contributed by atoms with Crippen molar-refractivity contribution in [2.24, 2.45) is 0 Å². The van der Waals surface area contributed by atoms with E-state index in [4.69, 9.17) is 4.52 Å². The van der Waals surface area contributed by atoms with Crippen LogP contribution >= 0.6 is 0 Å². The smallest absolute Gasteiger partial charge is 0.277 e. The number of anilines is 2. The molecule has 1 aliphatic heterocycles. The molecule has 0 fully saturated rings. The van der Waals surface area contributed by atoms with Crippen LogP contribution in [0.15, 0.2) is 28.8 Å². The van der Waals surface area contributed by atoms with Crippen LogP contribution in [0.1, 0.15) is 21.8 Å². The van der Waals surface area contributed by atoms with Gasteiger partial charge < -0.3 is 15.2 Å². The van der Waals surface area contributed by atoms with Crippen molar-refractivity contribution in [1.29, 1.82) is 0 Å². The SMILES string of the molecule is Cc1cc(C(=O)Nc2ccc3c(c2)CC(=O)N3)no1. The van der Waals surface area contributed by atoms with Gasteiger partial charge in [0.25, 0.3) is 5.91 Å². The van der Waals surface area contributed by atoms with Crippen molar-refractivity contribution in [3.8, 4) is 0 Å². The van der Waals surface area contributed by atoms with Crippen molar-refractivity contribution in [3.63, 3.8) is 0 Å². The Morgan fingerprint density at radius 1 is 1.42 bits per heavy atom. The monoisotopic (exact) mass is 257 g/mol. The number of aromatic nitrogens is 1. The lowest BCUT2D eigenvalue weighted by Crippen LogP contribution is -2.12. The first-order valence-electron chi connectivity index (χ1n) is 5.79. The van der Waals surface area contributed by atoms with Crippen LogP contribution in [0.4, 0.5) is 11.4 Å². The topological polar surface area (TPSA) is 84.2 Å². The van der Waals surface area contributed by atoms with Gasteiger partial charge in [-0.15, -0.1) is 0 Å². The molecule has 0 radical (unpaired) electrons. The third-order valence-corrected chi connectivity index (χ3v) is 2.85. The van der Waals surface area contributed by atoms with Gasteiger partial charge in [-0.05, 0) is 30.7 Å². The first kappa shape index (κ1) is 11.5. The number of nitrogens with zero attached hydrogens (tertiary/aromatic N) is 1. The second-order valence-corrected chi connectivity index (χ2v) is 4.37. The molecule has 2 heterocycles. The second-order valence-electron chi connectivity index (χ2n) is 4.37. The van der Waals surface area contributed by atoms with Crippen LogP contribution in [-0.4, -0.2) is 17.0 Å². The summed E-state index contributed by atoms with van der Waals surface area (Å²) < 4.78 is 4.85. The van der Waals surface area contributed by atoms with Crippen LogP contribution in [0.5, 0.6) is 0 Å². The highest BCUT2D eigenvalue weighted by molar-refractivity contribution is 6.04. The molecule has 0 saturated carbocycles. The molecule has 96 valence electrons. The Bertz CT molecular complexity index is 676. The first-order valence-corrected chi connectivity index (χ1v) is 5.79. The van der Waals surface area contributed by atoms with Crippen LogP contribution in [0.2, 0.25) is 0 Å². The van der Waals surface area contributed by atoms with Crippen molar-refractivity contribution in [2.45, 2.75) is 13.3 Å². The highest BCUT2D eigenvalue weighted by atomic mass is 16.5. The zero-order valence-corrected chi connectivity index (χ0v) is 10.2. The van der Waals surface area contributed by atoms with Crippen molar-refractivity contribution in [1.82, 2.24) is 5.16 Å². The fraction of sp³-hybridized carbons (Fsp3) is 0.154. The Balaban J connectivity index is 1.79. The molecule has 6 nitrogen and oxygen atoms in total. The predicted molar refractivity (Wildman–Crippen MR) is 68.0 cm³/mol. The van der Waals surface area contributed by atoms with E-state index >= 15 is 0 Å². The largest absolute Gasteiger partial charge is 0.361 e. The minimum absolute atomic E-state index is 0.0365. The molecule has 0 unspecified atom stereocenters. The lowest BCUT2D eigenvalue weighted by atomic mass is 10.1. The fourth-order valence-electron chi connectivity index (χ4n) is 1.98. The maximum absolute atomic E-state index is 11.9.